The van der Waals surface area contributed by atoms with E-state index >= 15 is 0 Å². The summed E-state index contributed by atoms with van der Waals surface area (Å²) >= 11 is 1.98. The Morgan fingerprint density at radius 3 is 2.44 bits per heavy atom. The third-order valence-electron chi connectivity index (χ3n) is 1.35. The van der Waals surface area contributed by atoms with Crippen molar-refractivity contribution in [2.75, 3.05) is 0 Å². The maximum Gasteiger partial charge on any atom is 0.0198 e. The molecule has 0 fully saturated rings. The first-order chi connectivity index (χ1) is 4.20. The monoisotopic (exact) mass is 144 g/mol. The van der Waals surface area contributed by atoms with Crippen molar-refractivity contribution in [1.82, 2.24) is 0 Å². The Labute approximate surface area is 62.7 Å². The van der Waals surface area contributed by atoms with E-state index in [-0.39, 0.29) is 0 Å². The van der Waals surface area contributed by atoms with Gasteiger partial charge in [0.2, 0.25) is 0 Å². The average Bonchev–Trinajstić information content (AvgIpc) is 1.87. The molecule has 0 aliphatic heterocycles. The van der Waals surface area contributed by atoms with Crippen molar-refractivity contribution in [3.63, 3.8) is 0 Å². The highest BCUT2D eigenvalue weighted by atomic mass is 32.2. The lowest BCUT2D eigenvalue weighted by Gasteiger charge is -2.10. The van der Waals surface area contributed by atoms with Gasteiger partial charge in [0, 0.05) is 10.5 Å². The molecule has 0 rings (SSSR count). The maximum atomic E-state index is 3.73. The van der Waals surface area contributed by atoms with Crippen LogP contribution in [0.3, 0.4) is 0 Å². The van der Waals surface area contributed by atoms with Crippen molar-refractivity contribution in [2.24, 2.45) is 0 Å². The summed E-state index contributed by atoms with van der Waals surface area (Å²) in [7, 11) is 0. The highest BCUT2D eigenvalue weighted by Crippen LogP contribution is 2.19. The standard InChI is InChI=1S/C8H16S/c1-5-7(3)9-8(4)6-2/h5,7-8H,1,6H2,2-4H3. The second-order valence-electron chi connectivity index (χ2n) is 2.30. The van der Waals surface area contributed by atoms with Crippen LogP contribution in [0.15, 0.2) is 12.7 Å². The van der Waals surface area contributed by atoms with Crippen LogP contribution in [0.4, 0.5) is 0 Å². The summed E-state index contributed by atoms with van der Waals surface area (Å²) in [5.41, 5.74) is 0. The van der Waals surface area contributed by atoms with Crippen LogP contribution in [0.5, 0.6) is 0 Å². The largest absolute Gasteiger partial charge is 0.152 e. The van der Waals surface area contributed by atoms with Crippen LogP contribution in [-0.2, 0) is 0 Å². The Hall–Kier alpha value is 0.0900. The van der Waals surface area contributed by atoms with E-state index in [0.717, 1.165) is 5.25 Å². The third-order valence-corrected chi connectivity index (χ3v) is 2.77. The maximum absolute atomic E-state index is 3.73. The molecule has 0 aliphatic carbocycles. The number of hydrogen-bond donors (Lipinski definition) is 0. The quantitative estimate of drug-likeness (QED) is 0.546. The smallest absolute Gasteiger partial charge is 0.0198 e. The van der Waals surface area contributed by atoms with E-state index in [4.69, 9.17) is 0 Å². The average molecular weight is 144 g/mol. The lowest BCUT2D eigenvalue weighted by molar-refractivity contribution is 0.901. The first-order valence-corrected chi connectivity index (χ1v) is 4.43. The molecular formula is C8H16S. The molecule has 9 heavy (non-hydrogen) atoms. The summed E-state index contributed by atoms with van der Waals surface area (Å²) in [5.74, 6) is 0. The minimum Gasteiger partial charge on any atom is -0.152 e. The van der Waals surface area contributed by atoms with Crippen LogP contribution in [0.1, 0.15) is 27.2 Å². The van der Waals surface area contributed by atoms with Gasteiger partial charge in [-0.3, -0.25) is 0 Å². The van der Waals surface area contributed by atoms with Crippen molar-refractivity contribution >= 4 is 11.8 Å². The third kappa shape index (κ3) is 4.58. The lowest BCUT2D eigenvalue weighted by Crippen LogP contribution is -1.99. The summed E-state index contributed by atoms with van der Waals surface area (Å²) in [6.45, 7) is 10.4. The molecule has 0 aromatic carbocycles. The Morgan fingerprint density at radius 1 is 1.56 bits per heavy atom. The minimum atomic E-state index is 0.611. The van der Waals surface area contributed by atoms with Crippen LogP contribution in [0.25, 0.3) is 0 Å². The molecule has 0 radical (unpaired) electrons. The van der Waals surface area contributed by atoms with Crippen LogP contribution in [0.2, 0.25) is 0 Å². The van der Waals surface area contributed by atoms with Gasteiger partial charge in [-0.15, -0.1) is 6.58 Å². The van der Waals surface area contributed by atoms with Crippen LogP contribution in [-0.4, -0.2) is 10.5 Å². The molecular weight excluding hydrogens is 128 g/mol. The summed E-state index contributed by atoms with van der Waals surface area (Å²) in [6.07, 6.45) is 3.25. The van der Waals surface area contributed by atoms with Gasteiger partial charge < -0.3 is 0 Å². The normalized spacial score (nSPS) is 16.8. The van der Waals surface area contributed by atoms with Crippen LogP contribution in [0, 0.1) is 0 Å². The minimum absolute atomic E-state index is 0.611. The van der Waals surface area contributed by atoms with E-state index in [2.05, 4.69) is 27.4 Å². The number of hydrogen-bond acceptors (Lipinski definition) is 1. The van der Waals surface area contributed by atoms with Gasteiger partial charge in [0.1, 0.15) is 0 Å². The van der Waals surface area contributed by atoms with Gasteiger partial charge in [-0.1, -0.05) is 19.9 Å². The molecule has 0 spiro atoms. The van der Waals surface area contributed by atoms with Crippen LogP contribution < -0.4 is 0 Å². The van der Waals surface area contributed by atoms with Gasteiger partial charge >= 0.3 is 0 Å². The summed E-state index contributed by atoms with van der Waals surface area (Å²) < 4.78 is 0. The van der Waals surface area contributed by atoms with E-state index < -0.39 is 0 Å². The molecule has 2 unspecified atom stereocenters. The van der Waals surface area contributed by atoms with E-state index in [1.807, 2.05) is 17.8 Å². The van der Waals surface area contributed by atoms with Crippen molar-refractivity contribution < 1.29 is 0 Å². The molecule has 54 valence electrons. The molecule has 0 aliphatic rings. The second-order valence-corrected chi connectivity index (χ2v) is 4.12. The Morgan fingerprint density at radius 2 is 2.11 bits per heavy atom. The molecule has 0 amide bonds. The molecule has 2 atom stereocenters. The highest BCUT2D eigenvalue weighted by Gasteiger charge is 2.01. The Bertz CT molecular complexity index is 78.6. The summed E-state index contributed by atoms with van der Waals surface area (Å²) in [5, 5.41) is 1.39. The zero-order valence-corrected chi connectivity index (χ0v) is 7.37. The number of rotatable bonds is 4. The molecule has 0 nitrogen and oxygen atoms in total. The molecule has 0 aromatic heterocycles. The Balaban J connectivity index is 3.33. The van der Waals surface area contributed by atoms with Crippen LogP contribution >= 0.6 is 11.8 Å². The number of thioether (sulfide) groups is 1. The zero-order chi connectivity index (χ0) is 7.28. The van der Waals surface area contributed by atoms with Gasteiger partial charge in [0.05, 0.1) is 0 Å². The highest BCUT2D eigenvalue weighted by molar-refractivity contribution is 8.00. The predicted octanol–water partition coefficient (Wildman–Crippen LogP) is 3.09. The molecule has 0 saturated carbocycles. The van der Waals surface area contributed by atoms with E-state index in [9.17, 15) is 0 Å². The van der Waals surface area contributed by atoms with Gasteiger partial charge in [0.15, 0.2) is 0 Å². The lowest BCUT2D eigenvalue weighted by atomic mass is 10.4. The van der Waals surface area contributed by atoms with E-state index in [1.54, 1.807) is 0 Å². The van der Waals surface area contributed by atoms with Crippen molar-refractivity contribution in [1.29, 1.82) is 0 Å². The molecule has 1 heteroatoms. The summed E-state index contributed by atoms with van der Waals surface area (Å²) in [4.78, 5) is 0. The van der Waals surface area contributed by atoms with Crippen molar-refractivity contribution in [3.05, 3.63) is 12.7 Å². The fourth-order valence-corrected chi connectivity index (χ4v) is 1.55. The van der Waals surface area contributed by atoms with Crippen molar-refractivity contribution in [2.45, 2.75) is 37.7 Å². The van der Waals surface area contributed by atoms with E-state index in [0.29, 0.717) is 5.25 Å². The van der Waals surface area contributed by atoms with Gasteiger partial charge in [0.25, 0.3) is 0 Å². The molecule has 0 heterocycles. The molecule has 0 N–H and O–H groups in total. The summed E-state index contributed by atoms with van der Waals surface area (Å²) in [6, 6.07) is 0. The van der Waals surface area contributed by atoms with Crippen molar-refractivity contribution in [3.8, 4) is 0 Å². The second kappa shape index (κ2) is 4.92. The first-order valence-electron chi connectivity index (χ1n) is 3.48. The van der Waals surface area contributed by atoms with Gasteiger partial charge in [-0.2, -0.15) is 11.8 Å². The van der Waals surface area contributed by atoms with E-state index in [1.165, 1.54) is 6.42 Å². The topological polar surface area (TPSA) is 0 Å². The van der Waals surface area contributed by atoms with Gasteiger partial charge in [-0.25, -0.2) is 0 Å². The fraction of sp³-hybridized carbons (Fsp3) is 0.750. The predicted molar refractivity (Wildman–Crippen MR) is 47.0 cm³/mol. The van der Waals surface area contributed by atoms with Gasteiger partial charge in [-0.05, 0) is 13.3 Å². The first kappa shape index (κ1) is 9.09. The zero-order valence-electron chi connectivity index (χ0n) is 6.55. The fourth-order valence-electron chi connectivity index (χ4n) is 0.518. The SMILES string of the molecule is C=CC(C)SC(C)CC. The molecule has 0 bridgehead atoms. The Kier molecular flexibility index (Phi) is 4.97. The molecule has 0 aromatic rings. The molecule has 0 saturated heterocycles.